The highest BCUT2D eigenvalue weighted by molar-refractivity contribution is 6.46. The number of carbonyl (C=O) groups is 2. The number of allylic oxidation sites excluding steroid dienone is 3. The van der Waals surface area contributed by atoms with E-state index in [0.717, 1.165) is 5.57 Å². The maximum Gasteiger partial charge on any atom is 0.229 e. The van der Waals surface area contributed by atoms with Gasteiger partial charge in [-0.15, -0.1) is 0 Å². The third-order valence-corrected chi connectivity index (χ3v) is 2.21. The van der Waals surface area contributed by atoms with Crippen LogP contribution >= 0.6 is 0 Å². The average Bonchev–Trinajstić information content (AvgIpc) is 2.17. The van der Waals surface area contributed by atoms with E-state index in [4.69, 9.17) is 4.74 Å². The van der Waals surface area contributed by atoms with Gasteiger partial charge in [0.1, 0.15) is 12.4 Å². The average molecular weight is 220 g/mol. The highest BCUT2D eigenvalue weighted by Gasteiger charge is 2.28. The van der Waals surface area contributed by atoms with E-state index < -0.39 is 11.6 Å². The number of ether oxygens (including phenoxy) is 1. The summed E-state index contributed by atoms with van der Waals surface area (Å²) in [6, 6.07) is 0. The molecule has 0 heterocycles. The minimum absolute atomic E-state index is 0.233. The molecule has 0 bridgehead atoms. The highest BCUT2D eigenvalue weighted by atomic mass is 16.5. The first-order valence-electron chi connectivity index (χ1n) is 5.12. The Morgan fingerprint density at radius 3 is 2.31 bits per heavy atom. The second-order valence-corrected chi connectivity index (χ2v) is 4.64. The molecule has 0 atom stereocenters. The molecule has 3 heteroatoms. The number of carbonyl (C=O) groups excluding carboxylic acids is 2. The third kappa shape index (κ3) is 2.69. The van der Waals surface area contributed by atoms with E-state index >= 15 is 0 Å². The van der Waals surface area contributed by atoms with Crippen molar-refractivity contribution in [3.63, 3.8) is 0 Å². The molecule has 0 saturated carbocycles. The van der Waals surface area contributed by atoms with Crippen molar-refractivity contribution in [3.05, 3.63) is 36.1 Å². The maximum absolute atomic E-state index is 11.3. The van der Waals surface area contributed by atoms with E-state index in [2.05, 4.69) is 6.58 Å². The summed E-state index contributed by atoms with van der Waals surface area (Å²) in [7, 11) is 0. The molecule has 0 aromatic carbocycles. The number of hydrogen-bond donors (Lipinski definition) is 0. The van der Waals surface area contributed by atoms with E-state index in [1.807, 2.05) is 20.8 Å². The molecule has 0 unspecified atom stereocenters. The van der Waals surface area contributed by atoms with Crippen molar-refractivity contribution in [2.45, 2.75) is 20.8 Å². The van der Waals surface area contributed by atoms with Crippen molar-refractivity contribution in [2.24, 2.45) is 5.41 Å². The quantitative estimate of drug-likeness (QED) is 0.416. The van der Waals surface area contributed by atoms with Crippen LogP contribution in [0, 0.1) is 5.41 Å². The molecule has 1 aliphatic rings. The minimum Gasteiger partial charge on any atom is -0.489 e. The Kier molecular flexibility index (Phi) is 3.48. The lowest BCUT2D eigenvalue weighted by molar-refractivity contribution is -0.131. The lowest BCUT2D eigenvalue weighted by Crippen LogP contribution is -2.23. The van der Waals surface area contributed by atoms with Gasteiger partial charge >= 0.3 is 0 Å². The van der Waals surface area contributed by atoms with Gasteiger partial charge in [-0.1, -0.05) is 33.4 Å². The lowest BCUT2D eigenvalue weighted by atomic mass is 9.82. The van der Waals surface area contributed by atoms with Gasteiger partial charge in [-0.2, -0.15) is 0 Å². The Labute approximate surface area is 95.5 Å². The summed E-state index contributed by atoms with van der Waals surface area (Å²) in [5.41, 5.74) is 0.516. The minimum atomic E-state index is -0.535. The molecule has 0 saturated heterocycles. The molecular formula is C13H16O3. The van der Waals surface area contributed by atoms with Crippen molar-refractivity contribution in [1.29, 1.82) is 0 Å². The summed E-state index contributed by atoms with van der Waals surface area (Å²) in [6.07, 6.45) is 4.22. The SMILES string of the molecule is C=CCOC1=CC(=O)C(=O)C=C1C(C)(C)C. The summed E-state index contributed by atoms with van der Waals surface area (Å²) >= 11 is 0. The van der Waals surface area contributed by atoms with Gasteiger partial charge in [-0.25, -0.2) is 0 Å². The molecule has 3 nitrogen and oxygen atoms in total. The molecule has 0 radical (unpaired) electrons. The predicted molar refractivity (Wildman–Crippen MR) is 61.8 cm³/mol. The molecule has 1 aliphatic carbocycles. The molecular weight excluding hydrogens is 204 g/mol. The Morgan fingerprint density at radius 1 is 1.25 bits per heavy atom. The van der Waals surface area contributed by atoms with E-state index in [9.17, 15) is 9.59 Å². The van der Waals surface area contributed by atoms with Crippen LogP contribution in [0.5, 0.6) is 0 Å². The van der Waals surface area contributed by atoms with Gasteiger partial charge in [0, 0.05) is 11.6 Å². The predicted octanol–water partition coefficient (Wildman–Crippen LogP) is 2.20. The largest absolute Gasteiger partial charge is 0.489 e. The topological polar surface area (TPSA) is 43.4 Å². The second kappa shape index (κ2) is 4.47. The lowest BCUT2D eigenvalue weighted by Gasteiger charge is -2.26. The van der Waals surface area contributed by atoms with Crippen molar-refractivity contribution < 1.29 is 14.3 Å². The van der Waals surface area contributed by atoms with Crippen molar-refractivity contribution >= 4 is 11.6 Å². The summed E-state index contributed by atoms with van der Waals surface area (Å²) in [5.74, 6) is -0.556. The Hall–Kier alpha value is -1.64. The van der Waals surface area contributed by atoms with Gasteiger partial charge in [0.25, 0.3) is 0 Å². The zero-order valence-electron chi connectivity index (χ0n) is 9.87. The van der Waals surface area contributed by atoms with E-state index in [1.165, 1.54) is 12.2 Å². The first-order valence-corrected chi connectivity index (χ1v) is 5.12. The molecule has 86 valence electrons. The van der Waals surface area contributed by atoms with Crippen LogP contribution < -0.4 is 0 Å². The Bertz CT molecular complexity index is 392. The Balaban J connectivity index is 3.06. The summed E-state index contributed by atoms with van der Waals surface area (Å²) < 4.78 is 5.39. The van der Waals surface area contributed by atoms with Crippen LogP contribution in [-0.4, -0.2) is 18.2 Å². The highest BCUT2D eigenvalue weighted by Crippen LogP contribution is 2.33. The number of ketones is 2. The fourth-order valence-corrected chi connectivity index (χ4v) is 1.40. The van der Waals surface area contributed by atoms with Gasteiger partial charge in [0.05, 0.1) is 0 Å². The van der Waals surface area contributed by atoms with E-state index in [-0.39, 0.29) is 5.41 Å². The van der Waals surface area contributed by atoms with Crippen molar-refractivity contribution in [2.75, 3.05) is 6.61 Å². The van der Waals surface area contributed by atoms with Crippen LogP contribution in [0.3, 0.4) is 0 Å². The zero-order valence-corrected chi connectivity index (χ0v) is 9.87. The van der Waals surface area contributed by atoms with Crippen LogP contribution in [0.2, 0.25) is 0 Å². The fraction of sp³-hybridized carbons (Fsp3) is 0.385. The maximum atomic E-state index is 11.3. The molecule has 1 rings (SSSR count). The van der Waals surface area contributed by atoms with Gasteiger partial charge in [0.15, 0.2) is 0 Å². The Morgan fingerprint density at radius 2 is 1.81 bits per heavy atom. The van der Waals surface area contributed by atoms with Gasteiger partial charge in [-0.3, -0.25) is 9.59 Å². The molecule has 0 aromatic rings. The molecule has 0 spiro atoms. The first-order chi connectivity index (χ1) is 7.36. The summed E-state index contributed by atoms with van der Waals surface area (Å²) in [6.45, 7) is 9.76. The molecule has 0 amide bonds. The number of rotatable bonds is 3. The second-order valence-electron chi connectivity index (χ2n) is 4.64. The summed E-state index contributed by atoms with van der Waals surface area (Å²) in [4.78, 5) is 22.6. The van der Waals surface area contributed by atoms with Crippen LogP contribution in [0.25, 0.3) is 0 Å². The molecule has 0 fully saturated rings. The van der Waals surface area contributed by atoms with Crippen LogP contribution in [-0.2, 0) is 14.3 Å². The van der Waals surface area contributed by atoms with Crippen molar-refractivity contribution in [3.8, 4) is 0 Å². The monoisotopic (exact) mass is 220 g/mol. The first kappa shape index (κ1) is 12.4. The molecule has 0 aromatic heterocycles. The van der Waals surface area contributed by atoms with Crippen LogP contribution in [0.15, 0.2) is 36.1 Å². The molecule has 0 N–H and O–H groups in total. The standard InChI is InChI=1S/C13H16O3/c1-5-6-16-12-8-11(15)10(14)7-9(12)13(2,3)4/h5,7-8H,1,6H2,2-4H3. The fourth-order valence-electron chi connectivity index (χ4n) is 1.40. The van der Waals surface area contributed by atoms with Crippen LogP contribution in [0.1, 0.15) is 20.8 Å². The van der Waals surface area contributed by atoms with Crippen molar-refractivity contribution in [1.82, 2.24) is 0 Å². The van der Waals surface area contributed by atoms with Gasteiger partial charge in [-0.05, 0) is 11.5 Å². The third-order valence-electron chi connectivity index (χ3n) is 2.21. The summed E-state index contributed by atoms with van der Waals surface area (Å²) in [5, 5.41) is 0. The normalized spacial score (nSPS) is 16.7. The van der Waals surface area contributed by atoms with Gasteiger partial charge < -0.3 is 4.74 Å². The molecule has 0 aliphatic heterocycles. The van der Waals surface area contributed by atoms with E-state index in [1.54, 1.807) is 6.08 Å². The van der Waals surface area contributed by atoms with Gasteiger partial charge in [0.2, 0.25) is 11.6 Å². The number of hydrogen-bond acceptors (Lipinski definition) is 3. The smallest absolute Gasteiger partial charge is 0.229 e. The zero-order chi connectivity index (χ0) is 12.3. The molecule has 16 heavy (non-hydrogen) atoms. The van der Waals surface area contributed by atoms with Crippen LogP contribution in [0.4, 0.5) is 0 Å². The van der Waals surface area contributed by atoms with E-state index in [0.29, 0.717) is 12.4 Å².